The van der Waals surface area contributed by atoms with Crippen molar-refractivity contribution < 1.29 is 9.47 Å². The molecule has 1 aromatic carbocycles. The lowest BCUT2D eigenvalue weighted by Gasteiger charge is -2.18. The van der Waals surface area contributed by atoms with E-state index in [-0.39, 0.29) is 5.60 Å². The highest BCUT2D eigenvalue weighted by molar-refractivity contribution is 5.51. The molecule has 0 unspecified atom stereocenters. The van der Waals surface area contributed by atoms with Crippen molar-refractivity contribution >= 4 is 5.95 Å². The zero-order valence-corrected chi connectivity index (χ0v) is 12.3. The van der Waals surface area contributed by atoms with E-state index in [1.165, 1.54) is 0 Å². The molecule has 0 atom stereocenters. The Morgan fingerprint density at radius 2 is 2.14 bits per heavy atom. The van der Waals surface area contributed by atoms with Gasteiger partial charge in [-0.1, -0.05) is 12.1 Å². The number of benzene rings is 1. The number of anilines is 1. The number of ether oxygens (including phenoxy) is 2. The van der Waals surface area contributed by atoms with Gasteiger partial charge in [0, 0.05) is 23.7 Å². The van der Waals surface area contributed by atoms with E-state index >= 15 is 0 Å². The average Bonchev–Trinajstić information content (AvgIpc) is 2.73. The molecular weight excluding hydrogens is 268 g/mol. The molecule has 0 spiro atoms. The molecule has 0 amide bonds. The van der Waals surface area contributed by atoms with Crippen LogP contribution in [0.5, 0.6) is 17.4 Å². The van der Waals surface area contributed by atoms with Crippen LogP contribution in [0.25, 0.3) is 0 Å². The van der Waals surface area contributed by atoms with Gasteiger partial charge in [-0.25, -0.2) is 10.8 Å². The van der Waals surface area contributed by atoms with Crippen molar-refractivity contribution in [1.82, 2.24) is 9.97 Å². The summed E-state index contributed by atoms with van der Waals surface area (Å²) in [5.74, 6) is 7.53. The normalized spacial score (nSPS) is 15.2. The average molecular weight is 286 g/mol. The molecule has 0 bridgehead atoms. The van der Waals surface area contributed by atoms with Crippen LogP contribution in [-0.2, 0) is 6.42 Å². The molecule has 1 aliphatic rings. The van der Waals surface area contributed by atoms with Gasteiger partial charge >= 0.3 is 0 Å². The van der Waals surface area contributed by atoms with Crippen LogP contribution in [0.1, 0.15) is 25.1 Å². The van der Waals surface area contributed by atoms with Crippen LogP contribution >= 0.6 is 0 Å². The number of aromatic nitrogens is 2. The molecule has 3 rings (SSSR count). The van der Waals surface area contributed by atoms with Crippen LogP contribution in [0, 0.1) is 6.92 Å². The molecule has 0 saturated heterocycles. The molecule has 2 aromatic rings. The van der Waals surface area contributed by atoms with E-state index in [0.29, 0.717) is 17.6 Å². The van der Waals surface area contributed by atoms with Gasteiger partial charge in [0.15, 0.2) is 11.5 Å². The van der Waals surface area contributed by atoms with Crippen molar-refractivity contribution in [3.05, 3.63) is 35.5 Å². The third-order valence-corrected chi connectivity index (χ3v) is 3.23. The highest BCUT2D eigenvalue weighted by atomic mass is 16.5. The molecule has 21 heavy (non-hydrogen) atoms. The van der Waals surface area contributed by atoms with Crippen LogP contribution in [0.15, 0.2) is 24.3 Å². The van der Waals surface area contributed by atoms with E-state index in [9.17, 15) is 0 Å². The Kier molecular flexibility index (Phi) is 3.17. The van der Waals surface area contributed by atoms with Crippen LogP contribution in [0.3, 0.4) is 0 Å². The molecule has 3 N–H and O–H groups in total. The van der Waals surface area contributed by atoms with Gasteiger partial charge in [0.2, 0.25) is 11.8 Å². The molecule has 0 fully saturated rings. The lowest BCUT2D eigenvalue weighted by Crippen LogP contribution is -2.24. The fourth-order valence-electron chi connectivity index (χ4n) is 2.44. The number of nitrogens with one attached hydrogen (secondary N) is 1. The SMILES string of the molecule is Cc1cc(Oc2cccc3c2OC(C)(C)C3)nc(NN)n1. The summed E-state index contributed by atoms with van der Waals surface area (Å²) in [5.41, 5.74) is 4.12. The van der Waals surface area contributed by atoms with Crippen LogP contribution in [-0.4, -0.2) is 15.6 Å². The lowest BCUT2D eigenvalue weighted by atomic mass is 10.0. The number of nitrogens with two attached hydrogens (primary N) is 1. The first-order chi connectivity index (χ1) is 9.97. The fourth-order valence-corrected chi connectivity index (χ4v) is 2.44. The van der Waals surface area contributed by atoms with Gasteiger partial charge in [0.25, 0.3) is 0 Å². The van der Waals surface area contributed by atoms with Gasteiger partial charge in [-0.2, -0.15) is 4.98 Å². The second kappa shape index (κ2) is 4.89. The Morgan fingerprint density at radius 3 is 2.90 bits per heavy atom. The third kappa shape index (κ3) is 2.75. The standard InChI is InChI=1S/C15H18N4O2/c1-9-7-12(18-14(17-9)19-16)20-11-6-4-5-10-8-15(2,3)21-13(10)11/h4-7H,8,16H2,1-3H3,(H,17,18,19). The Hall–Kier alpha value is -2.34. The summed E-state index contributed by atoms with van der Waals surface area (Å²) in [5, 5.41) is 0. The van der Waals surface area contributed by atoms with Crippen molar-refractivity contribution in [2.45, 2.75) is 32.8 Å². The van der Waals surface area contributed by atoms with E-state index in [4.69, 9.17) is 15.3 Å². The first kappa shape index (κ1) is 13.6. The van der Waals surface area contributed by atoms with E-state index in [1.807, 2.05) is 19.1 Å². The molecule has 110 valence electrons. The number of para-hydroxylation sites is 1. The molecule has 1 aromatic heterocycles. The Bertz CT molecular complexity index is 685. The number of nitrogens with zero attached hydrogens (tertiary/aromatic N) is 2. The molecule has 0 radical (unpaired) electrons. The van der Waals surface area contributed by atoms with Gasteiger partial charge in [-0.15, -0.1) is 0 Å². The second-order valence-electron chi connectivity index (χ2n) is 5.70. The van der Waals surface area contributed by atoms with Gasteiger partial charge < -0.3 is 9.47 Å². The summed E-state index contributed by atoms with van der Waals surface area (Å²) in [7, 11) is 0. The van der Waals surface area contributed by atoms with E-state index in [1.54, 1.807) is 6.07 Å². The number of fused-ring (bicyclic) bond motifs is 1. The minimum absolute atomic E-state index is 0.215. The Balaban J connectivity index is 1.94. The van der Waals surface area contributed by atoms with Crippen LogP contribution < -0.4 is 20.7 Å². The summed E-state index contributed by atoms with van der Waals surface area (Å²) >= 11 is 0. The molecule has 6 nitrogen and oxygen atoms in total. The predicted molar refractivity (Wildman–Crippen MR) is 79.5 cm³/mol. The van der Waals surface area contributed by atoms with Gasteiger partial charge in [0.05, 0.1) is 0 Å². The smallest absolute Gasteiger partial charge is 0.240 e. The number of nitrogen functional groups attached to an aromatic ring is 1. The molecule has 0 saturated carbocycles. The van der Waals surface area contributed by atoms with E-state index < -0.39 is 0 Å². The predicted octanol–water partition coefficient (Wildman–Crippen LogP) is 2.58. The van der Waals surface area contributed by atoms with Gasteiger partial charge in [-0.3, -0.25) is 5.43 Å². The lowest BCUT2D eigenvalue weighted by molar-refractivity contribution is 0.135. The Labute approximate surface area is 123 Å². The summed E-state index contributed by atoms with van der Waals surface area (Å²) in [6.07, 6.45) is 0.859. The number of aryl methyl sites for hydroxylation is 1. The van der Waals surface area contributed by atoms with E-state index in [0.717, 1.165) is 23.4 Å². The topological polar surface area (TPSA) is 82.3 Å². The molecule has 6 heteroatoms. The summed E-state index contributed by atoms with van der Waals surface area (Å²) in [6.45, 7) is 5.97. The van der Waals surface area contributed by atoms with Crippen LogP contribution in [0.4, 0.5) is 5.95 Å². The zero-order valence-electron chi connectivity index (χ0n) is 12.3. The molecular formula is C15H18N4O2. The van der Waals surface area contributed by atoms with Crippen molar-refractivity contribution in [1.29, 1.82) is 0 Å². The minimum Gasteiger partial charge on any atom is -0.483 e. The van der Waals surface area contributed by atoms with Crippen molar-refractivity contribution in [3.63, 3.8) is 0 Å². The van der Waals surface area contributed by atoms with Crippen LogP contribution in [0.2, 0.25) is 0 Å². The maximum absolute atomic E-state index is 5.98. The van der Waals surface area contributed by atoms with E-state index in [2.05, 4.69) is 35.3 Å². The zero-order chi connectivity index (χ0) is 15.0. The number of hydrazine groups is 1. The highest BCUT2D eigenvalue weighted by Crippen LogP contribution is 2.43. The maximum atomic E-state index is 5.98. The monoisotopic (exact) mass is 286 g/mol. The summed E-state index contributed by atoms with van der Waals surface area (Å²) < 4.78 is 11.8. The number of hydrogen-bond donors (Lipinski definition) is 2. The maximum Gasteiger partial charge on any atom is 0.240 e. The third-order valence-electron chi connectivity index (χ3n) is 3.23. The van der Waals surface area contributed by atoms with Crippen molar-refractivity contribution in [2.24, 2.45) is 5.84 Å². The molecule has 1 aliphatic heterocycles. The minimum atomic E-state index is -0.215. The summed E-state index contributed by atoms with van der Waals surface area (Å²) in [6, 6.07) is 7.62. The van der Waals surface area contributed by atoms with Gasteiger partial charge in [-0.05, 0) is 26.8 Å². The van der Waals surface area contributed by atoms with Crippen molar-refractivity contribution in [2.75, 3.05) is 5.43 Å². The summed E-state index contributed by atoms with van der Waals surface area (Å²) in [4.78, 5) is 8.32. The Morgan fingerprint density at radius 1 is 1.33 bits per heavy atom. The second-order valence-corrected chi connectivity index (χ2v) is 5.70. The highest BCUT2D eigenvalue weighted by Gasteiger charge is 2.32. The molecule has 0 aliphatic carbocycles. The fraction of sp³-hybridized carbons (Fsp3) is 0.333. The quantitative estimate of drug-likeness (QED) is 0.666. The first-order valence-corrected chi connectivity index (χ1v) is 6.78. The largest absolute Gasteiger partial charge is 0.483 e. The molecule has 2 heterocycles. The number of hydrogen-bond acceptors (Lipinski definition) is 6. The van der Waals surface area contributed by atoms with Gasteiger partial charge in [0.1, 0.15) is 5.60 Å². The van der Waals surface area contributed by atoms with Crippen molar-refractivity contribution in [3.8, 4) is 17.4 Å². The number of rotatable bonds is 3. The first-order valence-electron chi connectivity index (χ1n) is 6.78.